The molecule has 0 spiro atoms. The van der Waals surface area contributed by atoms with Crippen molar-refractivity contribution >= 4 is 23.4 Å². The van der Waals surface area contributed by atoms with Crippen LogP contribution < -0.4 is 0 Å². The standard InChI is InChI=1S/C16H16N2O3S/c1-17(11-12-3-9-15(22-2)10-4-12)16(19)13-5-7-14(8-6-13)18(20)21/h3-10H,11H2,1-2H3. The van der Waals surface area contributed by atoms with E-state index in [1.54, 1.807) is 23.7 Å². The quantitative estimate of drug-likeness (QED) is 0.480. The van der Waals surface area contributed by atoms with E-state index in [1.807, 2.05) is 30.5 Å². The van der Waals surface area contributed by atoms with E-state index in [1.165, 1.54) is 29.2 Å². The molecule has 0 bridgehead atoms. The van der Waals surface area contributed by atoms with Gasteiger partial charge in [0.2, 0.25) is 0 Å². The van der Waals surface area contributed by atoms with Crippen molar-refractivity contribution in [1.82, 2.24) is 4.90 Å². The molecule has 0 fully saturated rings. The average molecular weight is 316 g/mol. The molecule has 0 unspecified atom stereocenters. The van der Waals surface area contributed by atoms with E-state index in [0.717, 1.165) is 5.56 Å². The first-order valence-corrected chi connectivity index (χ1v) is 7.86. The molecule has 2 aromatic rings. The summed E-state index contributed by atoms with van der Waals surface area (Å²) in [7, 11) is 1.71. The van der Waals surface area contributed by atoms with Gasteiger partial charge in [0.1, 0.15) is 0 Å². The molecule has 5 nitrogen and oxygen atoms in total. The molecule has 0 aliphatic heterocycles. The molecular weight excluding hydrogens is 300 g/mol. The summed E-state index contributed by atoms with van der Waals surface area (Å²) < 4.78 is 0. The lowest BCUT2D eigenvalue weighted by molar-refractivity contribution is -0.384. The molecule has 0 saturated heterocycles. The first kappa shape index (κ1) is 16.0. The molecule has 6 heteroatoms. The first-order chi connectivity index (χ1) is 10.5. The number of carbonyl (C=O) groups excluding carboxylic acids is 1. The van der Waals surface area contributed by atoms with Crippen LogP contribution in [0.25, 0.3) is 0 Å². The predicted molar refractivity (Wildman–Crippen MR) is 87.1 cm³/mol. The van der Waals surface area contributed by atoms with Crippen molar-refractivity contribution in [3.8, 4) is 0 Å². The van der Waals surface area contributed by atoms with Crippen LogP contribution in [0.4, 0.5) is 5.69 Å². The fraction of sp³-hybridized carbons (Fsp3) is 0.188. The zero-order valence-corrected chi connectivity index (χ0v) is 13.2. The van der Waals surface area contributed by atoms with Crippen molar-refractivity contribution in [3.05, 3.63) is 69.8 Å². The summed E-state index contributed by atoms with van der Waals surface area (Å²) in [4.78, 5) is 25.2. The van der Waals surface area contributed by atoms with Gasteiger partial charge in [0.25, 0.3) is 11.6 Å². The van der Waals surface area contributed by atoms with Gasteiger partial charge in [0.05, 0.1) is 4.92 Å². The molecule has 0 aliphatic carbocycles. The third kappa shape index (κ3) is 3.85. The number of thioether (sulfide) groups is 1. The smallest absolute Gasteiger partial charge is 0.269 e. The maximum Gasteiger partial charge on any atom is 0.269 e. The highest BCUT2D eigenvalue weighted by Gasteiger charge is 2.13. The Morgan fingerprint density at radius 2 is 1.73 bits per heavy atom. The summed E-state index contributed by atoms with van der Waals surface area (Å²) in [5.41, 5.74) is 1.45. The second kappa shape index (κ2) is 7.09. The van der Waals surface area contributed by atoms with Gasteiger partial charge in [-0.15, -0.1) is 11.8 Å². The van der Waals surface area contributed by atoms with Crippen LogP contribution >= 0.6 is 11.8 Å². The molecule has 0 aromatic heterocycles. The first-order valence-electron chi connectivity index (χ1n) is 6.64. The number of hydrogen-bond donors (Lipinski definition) is 0. The van der Waals surface area contributed by atoms with E-state index in [9.17, 15) is 14.9 Å². The van der Waals surface area contributed by atoms with Gasteiger partial charge in [0, 0.05) is 36.2 Å². The maximum absolute atomic E-state index is 12.3. The summed E-state index contributed by atoms with van der Waals surface area (Å²) in [6, 6.07) is 13.7. The molecule has 0 atom stereocenters. The number of nitro groups is 1. The minimum atomic E-state index is -0.481. The average Bonchev–Trinajstić information content (AvgIpc) is 2.55. The van der Waals surface area contributed by atoms with Crippen molar-refractivity contribution in [2.45, 2.75) is 11.4 Å². The molecule has 1 amide bonds. The van der Waals surface area contributed by atoms with Gasteiger partial charge in [-0.2, -0.15) is 0 Å². The van der Waals surface area contributed by atoms with Gasteiger partial charge in [-0.25, -0.2) is 0 Å². The van der Waals surface area contributed by atoms with Crippen LogP contribution in [-0.2, 0) is 6.54 Å². The highest BCUT2D eigenvalue weighted by atomic mass is 32.2. The normalized spacial score (nSPS) is 10.3. The van der Waals surface area contributed by atoms with Crippen molar-refractivity contribution in [2.24, 2.45) is 0 Å². The fourth-order valence-corrected chi connectivity index (χ4v) is 2.43. The molecule has 0 heterocycles. The van der Waals surface area contributed by atoms with Crippen LogP contribution in [-0.4, -0.2) is 29.0 Å². The Balaban J connectivity index is 2.06. The number of nitro benzene ring substituents is 1. The van der Waals surface area contributed by atoms with Gasteiger partial charge in [-0.3, -0.25) is 14.9 Å². The van der Waals surface area contributed by atoms with Crippen LogP contribution in [0.5, 0.6) is 0 Å². The van der Waals surface area contributed by atoms with Crippen LogP contribution in [0.3, 0.4) is 0 Å². The third-order valence-electron chi connectivity index (χ3n) is 3.25. The van der Waals surface area contributed by atoms with Crippen molar-refractivity contribution in [2.75, 3.05) is 13.3 Å². The minimum absolute atomic E-state index is 0.0214. The van der Waals surface area contributed by atoms with Gasteiger partial charge in [0.15, 0.2) is 0 Å². The third-order valence-corrected chi connectivity index (χ3v) is 3.99. The van der Waals surface area contributed by atoms with E-state index < -0.39 is 4.92 Å². The second-order valence-electron chi connectivity index (χ2n) is 4.81. The van der Waals surface area contributed by atoms with Crippen molar-refractivity contribution in [1.29, 1.82) is 0 Å². The van der Waals surface area contributed by atoms with E-state index in [-0.39, 0.29) is 11.6 Å². The van der Waals surface area contributed by atoms with E-state index in [2.05, 4.69) is 0 Å². The van der Waals surface area contributed by atoms with Crippen molar-refractivity contribution in [3.63, 3.8) is 0 Å². The van der Waals surface area contributed by atoms with Crippen molar-refractivity contribution < 1.29 is 9.72 Å². The minimum Gasteiger partial charge on any atom is -0.337 e. The lowest BCUT2D eigenvalue weighted by Gasteiger charge is -2.17. The molecule has 114 valence electrons. The number of nitrogens with zero attached hydrogens (tertiary/aromatic N) is 2. The van der Waals surface area contributed by atoms with Gasteiger partial charge in [-0.1, -0.05) is 12.1 Å². The molecule has 22 heavy (non-hydrogen) atoms. The molecule has 2 aromatic carbocycles. The highest BCUT2D eigenvalue weighted by molar-refractivity contribution is 7.98. The Bertz CT molecular complexity index is 669. The van der Waals surface area contributed by atoms with E-state index >= 15 is 0 Å². The summed E-state index contributed by atoms with van der Waals surface area (Å²) >= 11 is 1.67. The van der Waals surface area contributed by atoms with Gasteiger partial charge >= 0.3 is 0 Å². The zero-order valence-electron chi connectivity index (χ0n) is 12.4. The van der Waals surface area contributed by atoms with Crippen LogP contribution in [0.2, 0.25) is 0 Å². The number of hydrogen-bond acceptors (Lipinski definition) is 4. The molecular formula is C16H16N2O3S. The summed E-state index contributed by atoms with van der Waals surface area (Å²) in [5.74, 6) is -0.163. The van der Waals surface area contributed by atoms with Gasteiger partial charge in [-0.05, 0) is 36.1 Å². The summed E-state index contributed by atoms with van der Waals surface area (Å²) in [5, 5.41) is 10.6. The zero-order chi connectivity index (χ0) is 16.1. The number of non-ortho nitro benzene ring substituents is 1. The molecule has 0 N–H and O–H groups in total. The second-order valence-corrected chi connectivity index (χ2v) is 5.69. The molecule has 0 aliphatic rings. The van der Waals surface area contributed by atoms with E-state index in [0.29, 0.717) is 12.1 Å². The lowest BCUT2D eigenvalue weighted by atomic mass is 10.1. The Hall–Kier alpha value is -2.34. The Labute approximate surface area is 133 Å². The number of carbonyl (C=O) groups is 1. The van der Waals surface area contributed by atoms with Crippen LogP contribution in [0, 0.1) is 10.1 Å². The fourth-order valence-electron chi connectivity index (χ4n) is 2.02. The van der Waals surface area contributed by atoms with Crippen LogP contribution in [0.1, 0.15) is 15.9 Å². The maximum atomic E-state index is 12.3. The lowest BCUT2D eigenvalue weighted by Crippen LogP contribution is -2.26. The molecule has 2 rings (SSSR count). The summed E-state index contributed by atoms with van der Waals surface area (Å²) in [6.07, 6.45) is 2.01. The Morgan fingerprint density at radius 3 is 2.23 bits per heavy atom. The largest absolute Gasteiger partial charge is 0.337 e. The predicted octanol–water partition coefficient (Wildman–Crippen LogP) is 3.59. The summed E-state index contributed by atoms with van der Waals surface area (Å²) in [6.45, 7) is 0.491. The van der Waals surface area contributed by atoms with E-state index in [4.69, 9.17) is 0 Å². The SMILES string of the molecule is CSc1ccc(CN(C)C(=O)c2ccc([N+](=O)[O-])cc2)cc1. The Kier molecular flexibility index (Phi) is 5.16. The topological polar surface area (TPSA) is 63.5 Å². The molecule has 0 radical (unpaired) electrons. The number of rotatable bonds is 5. The monoisotopic (exact) mass is 316 g/mol. The highest BCUT2D eigenvalue weighted by Crippen LogP contribution is 2.17. The van der Waals surface area contributed by atoms with Crippen LogP contribution in [0.15, 0.2) is 53.4 Å². The number of benzene rings is 2. The number of amides is 1. The Morgan fingerprint density at radius 1 is 1.14 bits per heavy atom. The molecule has 0 saturated carbocycles. The van der Waals surface area contributed by atoms with Gasteiger partial charge < -0.3 is 4.90 Å².